The molecule has 1 aliphatic heterocycles. The van der Waals surface area contributed by atoms with Gasteiger partial charge in [-0.25, -0.2) is 8.42 Å². The summed E-state index contributed by atoms with van der Waals surface area (Å²) in [6.07, 6.45) is 11.1. The fraction of sp³-hybridized carbons (Fsp3) is 0.857. The second-order valence-corrected chi connectivity index (χ2v) is 7.85. The van der Waals surface area contributed by atoms with Gasteiger partial charge in [0.2, 0.25) is 0 Å². The minimum Gasteiger partial charge on any atom is -0.501 e. The lowest BCUT2D eigenvalue weighted by atomic mass is 9.96. The van der Waals surface area contributed by atoms with Gasteiger partial charge in [-0.1, -0.05) is 6.42 Å². The van der Waals surface area contributed by atoms with E-state index in [9.17, 15) is 8.42 Å². The third-order valence-electron chi connectivity index (χ3n) is 3.95. The van der Waals surface area contributed by atoms with Crippen LogP contribution in [-0.2, 0) is 14.6 Å². The quantitative estimate of drug-likeness (QED) is 0.570. The van der Waals surface area contributed by atoms with Crippen molar-refractivity contribution < 1.29 is 13.2 Å². The molecule has 0 aromatic carbocycles. The van der Waals surface area contributed by atoms with Gasteiger partial charge in [0.15, 0.2) is 9.84 Å². The highest BCUT2D eigenvalue weighted by Gasteiger charge is 2.27. The molecule has 2 aliphatic rings. The molecule has 1 saturated carbocycles. The van der Waals surface area contributed by atoms with Crippen molar-refractivity contribution in [1.29, 1.82) is 0 Å². The lowest BCUT2D eigenvalue weighted by Gasteiger charge is -2.13. The first-order chi connectivity index (χ1) is 8.66. The van der Waals surface area contributed by atoms with Crippen molar-refractivity contribution in [3.63, 3.8) is 0 Å². The molecule has 0 bridgehead atoms. The van der Waals surface area contributed by atoms with Gasteiger partial charge in [-0.3, -0.25) is 0 Å². The second kappa shape index (κ2) is 6.60. The lowest BCUT2D eigenvalue weighted by Crippen LogP contribution is -2.05. The molecule has 18 heavy (non-hydrogen) atoms. The maximum atomic E-state index is 11.3. The van der Waals surface area contributed by atoms with Crippen molar-refractivity contribution in [3.8, 4) is 0 Å². The Labute approximate surface area is 111 Å². The zero-order chi connectivity index (χ0) is 12.8. The Balaban J connectivity index is 1.56. The first kappa shape index (κ1) is 13.9. The molecule has 0 aromatic heterocycles. The van der Waals surface area contributed by atoms with Gasteiger partial charge >= 0.3 is 0 Å². The second-order valence-electron chi connectivity index (χ2n) is 5.62. The molecule has 3 nitrogen and oxygen atoms in total. The van der Waals surface area contributed by atoms with Crippen LogP contribution in [0.25, 0.3) is 0 Å². The molecule has 1 aliphatic carbocycles. The number of sulfone groups is 1. The highest BCUT2D eigenvalue weighted by atomic mass is 32.2. The summed E-state index contributed by atoms with van der Waals surface area (Å²) in [5, 5.41) is 0. The van der Waals surface area contributed by atoms with E-state index in [2.05, 4.69) is 0 Å². The molecular formula is C14H24O3S. The monoisotopic (exact) mass is 272 g/mol. The number of allylic oxidation sites excluding steroid dienone is 1. The average Bonchev–Trinajstić information content (AvgIpc) is 2.70. The van der Waals surface area contributed by atoms with Crippen LogP contribution in [0.1, 0.15) is 51.4 Å². The van der Waals surface area contributed by atoms with Gasteiger partial charge in [-0.15, -0.1) is 0 Å². The molecule has 1 saturated heterocycles. The van der Waals surface area contributed by atoms with Crippen LogP contribution >= 0.6 is 0 Å². The van der Waals surface area contributed by atoms with E-state index >= 15 is 0 Å². The van der Waals surface area contributed by atoms with Crippen molar-refractivity contribution in [3.05, 3.63) is 11.8 Å². The highest BCUT2D eigenvalue weighted by molar-refractivity contribution is 7.91. The van der Waals surface area contributed by atoms with Crippen molar-refractivity contribution >= 4 is 9.84 Å². The van der Waals surface area contributed by atoms with Gasteiger partial charge in [-0.05, 0) is 56.4 Å². The van der Waals surface area contributed by atoms with Crippen LogP contribution in [0.5, 0.6) is 0 Å². The van der Waals surface area contributed by atoms with Gasteiger partial charge in [0, 0.05) is 0 Å². The van der Waals surface area contributed by atoms with E-state index in [1.165, 1.54) is 37.7 Å². The SMILES string of the molecule is O=S1(=O)CCC(CCCOC=C2CCCCC2)C1. The first-order valence-corrected chi connectivity index (χ1v) is 8.98. The zero-order valence-corrected chi connectivity index (χ0v) is 11.9. The summed E-state index contributed by atoms with van der Waals surface area (Å²) in [4.78, 5) is 0. The van der Waals surface area contributed by atoms with Gasteiger partial charge in [0.25, 0.3) is 0 Å². The molecule has 0 aromatic rings. The number of rotatable bonds is 5. The summed E-state index contributed by atoms with van der Waals surface area (Å²) >= 11 is 0. The Morgan fingerprint density at radius 1 is 1.22 bits per heavy atom. The Morgan fingerprint density at radius 3 is 2.67 bits per heavy atom. The fourth-order valence-corrected chi connectivity index (χ4v) is 4.77. The van der Waals surface area contributed by atoms with E-state index in [1.54, 1.807) is 0 Å². The fourth-order valence-electron chi connectivity index (χ4n) is 2.86. The molecule has 1 unspecified atom stereocenters. The van der Waals surface area contributed by atoms with Crippen molar-refractivity contribution in [2.75, 3.05) is 18.1 Å². The van der Waals surface area contributed by atoms with E-state index in [0.717, 1.165) is 25.9 Å². The third-order valence-corrected chi connectivity index (χ3v) is 5.78. The molecule has 104 valence electrons. The molecule has 4 heteroatoms. The Bertz CT molecular complexity index is 376. The smallest absolute Gasteiger partial charge is 0.150 e. The largest absolute Gasteiger partial charge is 0.501 e. The van der Waals surface area contributed by atoms with E-state index in [4.69, 9.17) is 4.74 Å². The average molecular weight is 272 g/mol. The molecule has 0 amide bonds. The normalized spacial score (nSPS) is 27.1. The first-order valence-electron chi connectivity index (χ1n) is 7.16. The molecule has 2 fully saturated rings. The highest BCUT2D eigenvalue weighted by Crippen LogP contribution is 2.24. The lowest BCUT2D eigenvalue weighted by molar-refractivity contribution is 0.230. The van der Waals surface area contributed by atoms with Crippen LogP contribution in [0.15, 0.2) is 11.8 Å². The molecule has 2 rings (SSSR count). The van der Waals surface area contributed by atoms with Gasteiger partial charge in [-0.2, -0.15) is 0 Å². The van der Waals surface area contributed by atoms with Gasteiger partial charge in [0.05, 0.1) is 24.4 Å². The molecule has 0 spiro atoms. The summed E-state index contributed by atoms with van der Waals surface area (Å²) in [6.45, 7) is 0.736. The molecule has 1 atom stereocenters. The topological polar surface area (TPSA) is 43.4 Å². The van der Waals surface area contributed by atoms with E-state index in [-0.39, 0.29) is 0 Å². The van der Waals surface area contributed by atoms with Crippen LogP contribution in [-0.4, -0.2) is 26.5 Å². The van der Waals surface area contributed by atoms with Crippen LogP contribution < -0.4 is 0 Å². The van der Waals surface area contributed by atoms with Crippen molar-refractivity contribution in [2.24, 2.45) is 5.92 Å². The van der Waals surface area contributed by atoms with Crippen LogP contribution in [0.3, 0.4) is 0 Å². The van der Waals surface area contributed by atoms with Crippen LogP contribution in [0.2, 0.25) is 0 Å². The van der Waals surface area contributed by atoms with E-state index in [0.29, 0.717) is 17.4 Å². The van der Waals surface area contributed by atoms with Crippen molar-refractivity contribution in [1.82, 2.24) is 0 Å². The minimum absolute atomic E-state index is 0.376. The predicted molar refractivity (Wildman–Crippen MR) is 73.1 cm³/mol. The van der Waals surface area contributed by atoms with E-state index in [1.807, 2.05) is 6.26 Å². The molecule has 0 N–H and O–H groups in total. The molecule has 0 radical (unpaired) electrons. The Kier molecular flexibility index (Phi) is 5.10. The van der Waals surface area contributed by atoms with Crippen LogP contribution in [0.4, 0.5) is 0 Å². The summed E-state index contributed by atoms with van der Waals surface area (Å²) in [5.41, 5.74) is 1.45. The third kappa shape index (κ3) is 4.63. The Morgan fingerprint density at radius 2 is 2.00 bits per heavy atom. The number of hydrogen-bond acceptors (Lipinski definition) is 3. The standard InChI is InChI=1S/C14H24O3S/c15-18(16)10-8-14(12-18)7-4-9-17-11-13-5-2-1-3-6-13/h11,14H,1-10,12H2. The predicted octanol–water partition coefficient (Wildman–Crippen LogP) is 3.07. The Hall–Kier alpha value is -0.510. The van der Waals surface area contributed by atoms with E-state index < -0.39 is 9.84 Å². The van der Waals surface area contributed by atoms with Crippen LogP contribution in [0, 0.1) is 5.92 Å². The van der Waals surface area contributed by atoms with Crippen molar-refractivity contribution in [2.45, 2.75) is 51.4 Å². The van der Waals surface area contributed by atoms with Gasteiger partial charge in [0.1, 0.15) is 0 Å². The molecular weight excluding hydrogens is 248 g/mol. The molecule has 1 heterocycles. The summed E-state index contributed by atoms with van der Waals surface area (Å²) in [6, 6.07) is 0. The maximum absolute atomic E-state index is 11.3. The number of hydrogen-bond donors (Lipinski definition) is 0. The minimum atomic E-state index is -2.71. The summed E-state index contributed by atoms with van der Waals surface area (Å²) in [7, 11) is -2.71. The maximum Gasteiger partial charge on any atom is 0.150 e. The summed E-state index contributed by atoms with van der Waals surface area (Å²) < 4.78 is 28.2. The van der Waals surface area contributed by atoms with Gasteiger partial charge < -0.3 is 4.74 Å². The summed E-state index contributed by atoms with van der Waals surface area (Å²) in [5.74, 6) is 1.16. The zero-order valence-electron chi connectivity index (χ0n) is 11.1. The number of ether oxygens (including phenoxy) is 1.